The summed E-state index contributed by atoms with van der Waals surface area (Å²) in [4.78, 5) is 37.9. The molecule has 0 saturated heterocycles. The van der Waals surface area contributed by atoms with Crippen molar-refractivity contribution in [2.75, 3.05) is 23.4 Å². The van der Waals surface area contributed by atoms with Gasteiger partial charge in [0.15, 0.2) is 6.10 Å². The molecule has 3 rings (SSSR count). The number of hydrogen-bond acceptors (Lipinski definition) is 5. The Bertz CT molecular complexity index is 1080. The molecule has 0 radical (unpaired) electrons. The number of alkyl halides is 3. The molecule has 33 heavy (non-hydrogen) atoms. The lowest BCUT2D eigenvalue weighted by molar-refractivity contribution is -0.149. The highest BCUT2D eigenvalue weighted by atomic mass is 19.4. The molecule has 0 aliphatic carbocycles. The van der Waals surface area contributed by atoms with Gasteiger partial charge in [-0.05, 0) is 55.8 Å². The largest absolute Gasteiger partial charge is 0.494 e. The number of anilines is 2. The minimum absolute atomic E-state index is 0.0837. The van der Waals surface area contributed by atoms with Gasteiger partial charge < -0.3 is 14.8 Å². The zero-order valence-electron chi connectivity index (χ0n) is 17.8. The van der Waals surface area contributed by atoms with Gasteiger partial charge in [-0.15, -0.1) is 0 Å². The predicted octanol–water partition coefficient (Wildman–Crippen LogP) is 4.03. The molecule has 1 unspecified atom stereocenters. The Morgan fingerprint density at radius 2 is 1.88 bits per heavy atom. The van der Waals surface area contributed by atoms with E-state index in [0.29, 0.717) is 17.9 Å². The molecule has 1 aliphatic rings. The maximum atomic E-state index is 13.0. The van der Waals surface area contributed by atoms with Crippen LogP contribution in [0.15, 0.2) is 48.5 Å². The van der Waals surface area contributed by atoms with Gasteiger partial charge in [0.05, 0.1) is 23.5 Å². The Balaban J connectivity index is 1.68. The van der Waals surface area contributed by atoms with E-state index in [2.05, 4.69) is 5.32 Å². The van der Waals surface area contributed by atoms with Crippen LogP contribution >= 0.6 is 0 Å². The lowest BCUT2D eigenvalue weighted by Crippen LogP contribution is -2.47. The van der Waals surface area contributed by atoms with Gasteiger partial charge in [0.1, 0.15) is 12.3 Å². The second-order valence-electron chi connectivity index (χ2n) is 7.12. The third-order valence-corrected chi connectivity index (χ3v) is 4.70. The number of esters is 1. The van der Waals surface area contributed by atoms with E-state index in [4.69, 9.17) is 9.47 Å². The molecular formula is C23H21F3N2O5. The molecule has 2 aromatic rings. The maximum Gasteiger partial charge on any atom is 0.416 e. The normalized spacial score (nSPS) is 14.5. The topological polar surface area (TPSA) is 84.9 Å². The average Bonchev–Trinajstić information content (AvgIpc) is 2.76. The smallest absolute Gasteiger partial charge is 0.416 e. The first-order chi connectivity index (χ1) is 15.6. The second kappa shape index (κ2) is 9.76. The van der Waals surface area contributed by atoms with E-state index in [0.717, 1.165) is 29.2 Å². The van der Waals surface area contributed by atoms with Crippen LogP contribution in [0.5, 0.6) is 5.75 Å². The van der Waals surface area contributed by atoms with Crippen LogP contribution in [0.4, 0.5) is 24.5 Å². The van der Waals surface area contributed by atoms with Gasteiger partial charge in [0, 0.05) is 6.08 Å². The van der Waals surface area contributed by atoms with Crippen molar-refractivity contribution >= 4 is 35.2 Å². The molecule has 1 atom stereocenters. The first-order valence-electron chi connectivity index (χ1n) is 10.0. The summed E-state index contributed by atoms with van der Waals surface area (Å²) in [6.45, 7) is 3.29. The monoisotopic (exact) mass is 462 g/mol. The molecule has 0 aromatic heterocycles. The van der Waals surface area contributed by atoms with Crippen molar-refractivity contribution < 1.29 is 37.0 Å². The number of carbonyl (C=O) groups excluding carboxylic acids is 3. The van der Waals surface area contributed by atoms with Crippen molar-refractivity contribution in [3.8, 4) is 5.75 Å². The lowest BCUT2D eigenvalue weighted by Gasteiger charge is -2.31. The standard InChI is InChI=1S/C23H21F3N2O5/c1-3-32-17-8-4-15(5-9-17)6-11-21(30)33-14(2)22(31)28-13-20(29)27-18-12-16(23(24,25)26)7-10-19(18)28/h4-12,14H,3,13H2,1-2H3,(H,27,29)/b11-6+. The lowest BCUT2D eigenvalue weighted by atomic mass is 10.1. The number of ether oxygens (including phenoxy) is 2. The first-order valence-corrected chi connectivity index (χ1v) is 10.0. The maximum absolute atomic E-state index is 13.0. The fraction of sp³-hybridized carbons (Fsp3) is 0.261. The van der Waals surface area contributed by atoms with Crippen LogP contribution in [0, 0.1) is 0 Å². The molecular weight excluding hydrogens is 441 g/mol. The highest BCUT2D eigenvalue weighted by molar-refractivity contribution is 6.11. The van der Waals surface area contributed by atoms with Crippen LogP contribution in [0.2, 0.25) is 0 Å². The number of hydrogen-bond donors (Lipinski definition) is 1. The number of nitrogens with zero attached hydrogens (tertiary/aromatic N) is 1. The SMILES string of the molecule is CCOc1ccc(/C=C/C(=O)OC(C)C(=O)N2CC(=O)Nc3cc(C(F)(F)F)ccc32)cc1. The van der Waals surface area contributed by atoms with Crippen molar-refractivity contribution in [3.05, 3.63) is 59.7 Å². The Kier molecular flexibility index (Phi) is 7.05. The summed E-state index contributed by atoms with van der Waals surface area (Å²) in [5.41, 5.74) is -0.324. The molecule has 0 saturated carbocycles. The summed E-state index contributed by atoms with van der Waals surface area (Å²) < 4.78 is 49.4. The molecule has 0 fully saturated rings. The van der Waals surface area contributed by atoms with Gasteiger partial charge in [0.25, 0.3) is 5.91 Å². The van der Waals surface area contributed by atoms with Crippen molar-refractivity contribution in [1.29, 1.82) is 0 Å². The molecule has 1 heterocycles. The fourth-order valence-electron chi connectivity index (χ4n) is 3.15. The number of fused-ring (bicyclic) bond motifs is 1. The summed E-state index contributed by atoms with van der Waals surface area (Å²) >= 11 is 0. The van der Waals surface area contributed by atoms with E-state index < -0.39 is 42.2 Å². The molecule has 0 spiro atoms. The number of halogens is 3. The summed E-state index contributed by atoms with van der Waals surface area (Å²) in [7, 11) is 0. The van der Waals surface area contributed by atoms with Crippen molar-refractivity contribution in [3.63, 3.8) is 0 Å². The first kappa shape index (κ1) is 23.8. The molecule has 0 bridgehead atoms. The van der Waals surface area contributed by atoms with Crippen LogP contribution in [0.1, 0.15) is 25.0 Å². The number of nitrogens with one attached hydrogen (secondary N) is 1. The molecule has 1 N–H and O–H groups in total. The zero-order valence-corrected chi connectivity index (χ0v) is 17.8. The van der Waals surface area contributed by atoms with E-state index in [1.807, 2.05) is 6.92 Å². The minimum Gasteiger partial charge on any atom is -0.494 e. The average molecular weight is 462 g/mol. The number of carbonyl (C=O) groups is 3. The Labute approximate surface area is 187 Å². The third kappa shape index (κ3) is 5.91. The molecule has 7 nitrogen and oxygen atoms in total. The van der Waals surface area contributed by atoms with E-state index >= 15 is 0 Å². The Morgan fingerprint density at radius 1 is 1.18 bits per heavy atom. The van der Waals surface area contributed by atoms with Crippen LogP contribution in [-0.2, 0) is 25.3 Å². The quantitative estimate of drug-likeness (QED) is 0.518. The highest BCUT2D eigenvalue weighted by Crippen LogP contribution is 2.37. The van der Waals surface area contributed by atoms with Gasteiger partial charge in [0.2, 0.25) is 5.91 Å². The minimum atomic E-state index is -4.61. The van der Waals surface area contributed by atoms with Crippen LogP contribution in [-0.4, -0.2) is 37.0 Å². The van der Waals surface area contributed by atoms with Crippen molar-refractivity contribution in [1.82, 2.24) is 0 Å². The van der Waals surface area contributed by atoms with Gasteiger partial charge in [-0.3, -0.25) is 14.5 Å². The van der Waals surface area contributed by atoms with Gasteiger partial charge >= 0.3 is 12.1 Å². The Hall–Kier alpha value is -3.82. The second-order valence-corrected chi connectivity index (χ2v) is 7.12. The van der Waals surface area contributed by atoms with E-state index in [1.165, 1.54) is 13.0 Å². The summed E-state index contributed by atoms with van der Waals surface area (Å²) in [5.74, 6) is -1.51. The summed E-state index contributed by atoms with van der Waals surface area (Å²) in [6.07, 6.45) is -3.24. The predicted molar refractivity (Wildman–Crippen MR) is 115 cm³/mol. The van der Waals surface area contributed by atoms with Crippen molar-refractivity contribution in [2.24, 2.45) is 0 Å². The molecule has 2 amide bonds. The van der Waals surface area contributed by atoms with Crippen LogP contribution in [0.3, 0.4) is 0 Å². The molecule has 174 valence electrons. The summed E-state index contributed by atoms with van der Waals surface area (Å²) in [5, 5.41) is 2.33. The molecule has 2 aromatic carbocycles. The third-order valence-electron chi connectivity index (χ3n) is 4.70. The van der Waals surface area contributed by atoms with E-state index in [-0.39, 0.29) is 11.4 Å². The van der Waals surface area contributed by atoms with E-state index in [9.17, 15) is 27.6 Å². The van der Waals surface area contributed by atoms with Gasteiger partial charge in [-0.25, -0.2) is 4.79 Å². The summed E-state index contributed by atoms with van der Waals surface area (Å²) in [6, 6.07) is 9.61. The highest BCUT2D eigenvalue weighted by Gasteiger charge is 2.35. The van der Waals surface area contributed by atoms with Gasteiger partial charge in [-0.2, -0.15) is 13.2 Å². The van der Waals surface area contributed by atoms with Gasteiger partial charge in [-0.1, -0.05) is 12.1 Å². The van der Waals surface area contributed by atoms with Crippen molar-refractivity contribution in [2.45, 2.75) is 26.1 Å². The van der Waals surface area contributed by atoms with Crippen LogP contribution < -0.4 is 15.0 Å². The Morgan fingerprint density at radius 3 is 2.52 bits per heavy atom. The fourth-order valence-corrected chi connectivity index (χ4v) is 3.15. The number of amides is 2. The number of benzene rings is 2. The molecule has 1 aliphatic heterocycles. The van der Waals surface area contributed by atoms with Crippen LogP contribution in [0.25, 0.3) is 6.08 Å². The molecule has 10 heteroatoms. The van der Waals surface area contributed by atoms with E-state index in [1.54, 1.807) is 24.3 Å². The number of rotatable bonds is 6. The zero-order chi connectivity index (χ0) is 24.2.